The summed E-state index contributed by atoms with van der Waals surface area (Å²) in [6.45, 7) is 1.98. The summed E-state index contributed by atoms with van der Waals surface area (Å²) in [6.07, 6.45) is 1.16. The first kappa shape index (κ1) is 9.68. The van der Waals surface area contributed by atoms with E-state index in [1.807, 2.05) is 19.1 Å². The quantitative estimate of drug-likeness (QED) is 0.775. The van der Waals surface area contributed by atoms with Crippen LogP contribution in [0.4, 0.5) is 0 Å². The molecule has 1 amide bonds. The van der Waals surface area contributed by atoms with Gasteiger partial charge in [-0.15, -0.1) is 11.3 Å². The maximum atomic E-state index is 11.6. The standard InChI is InChI=1S/C10H13NO2S/c1-6-2-3-9(14-6)10(13)11-7-4-8(12)5-7/h2-3,7-8,12H,4-5H2,1H3,(H,11,13). The highest BCUT2D eigenvalue weighted by molar-refractivity contribution is 7.13. The fourth-order valence-corrected chi connectivity index (χ4v) is 2.29. The Morgan fingerprint density at radius 1 is 1.57 bits per heavy atom. The van der Waals surface area contributed by atoms with Crippen LogP contribution in [-0.4, -0.2) is 23.2 Å². The molecule has 1 aromatic heterocycles. The number of carbonyl (C=O) groups is 1. The zero-order chi connectivity index (χ0) is 10.1. The molecule has 0 bridgehead atoms. The minimum Gasteiger partial charge on any atom is -0.393 e. The van der Waals surface area contributed by atoms with Crippen molar-refractivity contribution < 1.29 is 9.90 Å². The summed E-state index contributed by atoms with van der Waals surface area (Å²) in [5, 5.41) is 11.9. The second kappa shape index (κ2) is 3.71. The van der Waals surface area contributed by atoms with E-state index in [4.69, 9.17) is 5.11 Å². The molecule has 1 aliphatic carbocycles. The molecule has 0 saturated heterocycles. The lowest BCUT2D eigenvalue weighted by Gasteiger charge is -2.31. The van der Waals surface area contributed by atoms with Crippen LogP contribution in [0.5, 0.6) is 0 Å². The van der Waals surface area contributed by atoms with E-state index in [9.17, 15) is 4.79 Å². The second-order valence-corrected chi connectivity index (χ2v) is 4.99. The van der Waals surface area contributed by atoms with Crippen molar-refractivity contribution in [2.24, 2.45) is 0 Å². The van der Waals surface area contributed by atoms with E-state index in [2.05, 4.69) is 5.32 Å². The molecule has 0 aliphatic heterocycles. The second-order valence-electron chi connectivity index (χ2n) is 3.71. The Morgan fingerprint density at radius 3 is 2.79 bits per heavy atom. The molecule has 1 fully saturated rings. The first-order valence-corrected chi connectivity index (χ1v) is 5.52. The summed E-state index contributed by atoms with van der Waals surface area (Å²) in [5.41, 5.74) is 0. The number of rotatable bonds is 2. The van der Waals surface area contributed by atoms with Crippen LogP contribution in [0.15, 0.2) is 12.1 Å². The molecular formula is C10H13NO2S. The lowest BCUT2D eigenvalue weighted by atomic mass is 9.89. The van der Waals surface area contributed by atoms with E-state index in [1.165, 1.54) is 11.3 Å². The highest BCUT2D eigenvalue weighted by atomic mass is 32.1. The number of thiophene rings is 1. The van der Waals surface area contributed by atoms with Gasteiger partial charge in [-0.05, 0) is 31.9 Å². The number of hydrogen-bond acceptors (Lipinski definition) is 3. The Hall–Kier alpha value is -0.870. The van der Waals surface area contributed by atoms with Crippen LogP contribution in [0.25, 0.3) is 0 Å². The van der Waals surface area contributed by atoms with Crippen LogP contribution in [0.2, 0.25) is 0 Å². The first-order chi connectivity index (χ1) is 6.65. The van der Waals surface area contributed by atoms with Crippen molar-refractivity contribution in [2.75, 3.05) is 0 Å². The van der Waals surface area contributed by atoms with Gasteiger partial charge in [-0.1, -0.05) is 0 Å². The SMILES string of the molecule is Cc1ccc(C(=O)NC2CC(O)C2)s1. The number of amides is 1. The van der Waals surface area contributed by atoms with Crippen molar-refractivity contribution in [1.29, 1.82) is 0 Å². The third kappa shape index (κ3) is 1.96. The molecule has 1 saturated carbocycles. The summed E-state index contributed by atoms with van der Waals surface area (Å²) < 4.78 is 0. The van der Waals surface area contributed by atoms with Crippen LogP contribution in [-0.2, 0) is 0 Å². The maximum Gasteiger partial charge on any atom is 0.261 e. The van der Waals surface area contributed by atoms with Crippen LogP contribution >= 0.6 is 11.3 Å². The number of aliphatic hydroxyl groups excluding tert-OH is 1. The minimum atomic E-state index is -0.217. The van der Waals surface area contributed by atoms with Crippen molar-refractivity contribution in [3.05, 3.63) is 21.9 Å². The predicted octanol–water partition coefficient (Wildman–Crippen LogP) is 1.31. The summed E-state index contributed by atoms with van der Waals surface area (Å²) in [6, 6.07) is 3.94. The molecular weight excluding hydrogens is 198 g/mol. The van der Waals surface area contributed by atoms with Gasteiger partial charge in [0.05, 0.1) is 11.0 Å². The van der Waals surface area contributed by atoms with Gasteiger partial charge in [0.25, 0.3) is 5.91 Å². The average Bonchev–Trinajstić information content (AvgIpc) is 2.49. The van der Waals surface area contributed by atoms with Gasteiger partial charge >= 0.3 is 0 Å². The summed E-state index contributed by atoms with van der Waals surface area (Å²) in [7, 11) is 0. The molecule has 1 heterocycles. The topological polar surface area (TPSA) is 49.3 Å². The molecule has 0 radical (unpaired) electrons. The molecule has 3 nitrogen and oxygen atoms in total. The molecule has 0 spiro atoms. The third-order valence-electron chi connectivity index (χ3n) is 2.41. The van der Waals surface area contributed by atoms with E-state index >= 15 is 0 Å². The summed E-state index contributed by atoms with van der Waals surface area (Å²) in [4.78, 5) is 13.5. The lowest BCUT2D eigenvalue weighted by molar-refractivity contribution is 0.0564. The molecule has 4 heteroatoms. The Labute approximate surface area is 86.8 Å². The van der Waals surface area contributed by atoms with Gasteiger partial charge in [0.15, 0.2) is 0 Å². The Kier molecular flexibility index (Phi) is 2.56. The van der Waals surface area contributed by atoms with Crippen molar-refractivity contribution in [3.8, 4) is 0 Å². The van der Waals surface area contributed by atoms with Gasteiger partial charge in [-0.25, -0.2) is 0 Å². The molecule has 1 aromatic rings. The largest absolute Gasteiger partial charge is 0.393 e. The number of aliphatic hydroxyl groups is 1. The lowest BCUT2D eigenvalue weighted by Crippen LogP contribution is -2.46. The smallest absolute Gasteiger partial charge is 0.261 e. The van der Waals surface area contributed by atoms with Gasteiger partial charge in [-0.3, -0.25) is 4.79 Å². The summed E-state index contributed by atoms with van der Waals surface area (Å²) >= 11 is 1.50. The van der Waals surface area contributed by atoms with Crippen molar-refractivity contribution in [2.45, 2.75) is 31.9 Å². The zero-order valence-electron chi connectivity index (χ0n) is 7.99. The Morgan fingerprint density at radius 2 is 2.29 bits per heavy atom. The molecule has 76 valence electrons. The van der Waals surface area contributed by atoms with Gasteiger partial charge in [0, 0.05) is 10.9 Å². The highest BCUT2D eigenvalue weighted by Crippen LogP contribution is 2.21. The van der Waals surface area contributed by atoms with Crippen molar-refractivity contribution >= 4 is 17.2 Å². The molecule has 2 N–H and O–H groups in total. The fourth-order valence-electron chi connectivity index (χ4n) is 1.52. The van der Waals surface area contributed by atoms with Crippen LogP contribution in [0, 0.1) is 6.92 Å². The normalized spacial score (nSPS) is 25.6. The van der Waals surface area contributed by atoms with Crippen molar-refractivity contribution in [1.82, 2.24) is 5.32 Å². The molecule has 14 heavy (non-hydrogen) atoms. The average molecular weight is 211 g/mol. The number of hydrogen-bond donors (Lipinski definition) is 2. The van der Waals surface area contributed by atoms with E-state index in [0.717, 1.165) is 9.75 Å². The fraction of sp³-hybridized carbons (Fsp3) is 0.500. The van der Waals surface area contributed by atoms with Crippen LogP contribution in [0.1, 0.15) is 27.4 Å². The minimum absolute atomic E-state index is 0.0139. The molecule has 2 rings (SSSR count). The highest BCUT2D eigenvalue weighted by Gasteiger charge is 2.28. The summed E-state index contributed by atoms with van der Waals surface area (Å²) in [5.74, 6) is -0.0139. The van der Waals surface area contributed by atoms with Gasteiger partial charge in [0.1, 0.15) is 0 Å². The van der Waals surface area contributed by atoms with Gasteiger partial charge in [0.2, 0.25) is 0 Å². The van der Waals surface area contributed by atoms with Crippen molar-refractivity contribution in [3.63, 3.8) is 0 Å². The van der Waals surface area contributed by atoms with Gasteiger partial charge < -0.3 is 10.4 Å². The molecule has 0 atom stereocenters. The predicted molar refractivity (Wildman–Crippen MR) is 55.6 cm³/mol. The maximum absolute atomic E-state index is 11.6. The monoisotopic (exact) mass is 211 g/mol. The number of carbonyl (C=O) groups excluding carboxylic acids is 1. The third-order valence-corrected chi connectivity index (χ3v) is 3.41. The molecule has 0 aromatic carbocycles. The van der Waals surface area contributed by atoms with E-state index in [0.29, 0.717) is 12.8 Å². The van der Waals surface area contributed by atoms with E-state index < -0.39 is 0 Å². The van der Waals surface area contributed by atoms with Crippen LogP contribution in [0.3, 0.4) is 0 Å². The zero-order valence-corrected chi connectivity index (χ0v) is 8.80. The first-order valence-electron chi connectivity index (χ1n) is 4.70. The molecule has 1 aliphatic rings. The number of aryl methyl sites for hydroxylation is 1. The van der Waals surface area contributed by atoms with Gasteiger partial charge in [-0.2, -0.15) is 0 Å². The molecule has 0 unspecified atom stereocenters. The Bertz CT molecular complexity index is 342. The Balaban J connectivity index is 1.90. The van der Waals surface area contributed by atoms with E-state index in [1.54, 1.807) is 0 Å². The van der Waals surface area contributed by atoms with Crippen LogP contribution < -0.4 is 5.32 Å². The number of nitrogens with one attached hydrogen (secondary N) is 1. The van der Waals surface area contributed by atoms with E-state index in [-0.39, 0.29) is 18.1 Å².